The molecule has 0 spiro atoms. The molecule has 0 radical (unpaired) electrons. The topological polar surface area (TPSA) is 61.4 Å². The number of likely N-dealkylation sites (tertiary alicyclic amines) is 1. The number of carbonyl (C=O) groups is 2. The summed E-state index contributed by atoms with van der Waals surface area (Å²) in [6.07, 6.45) is 2.24. The van der Waals surface area contributed by atoms with Crippen LogP contribution in [0.2, 0.25) is 0 Å². The number of piperidine rings is 1. The Balaban J connectivity index is 1.41. The Bertz CT molecular complexity index is 870. The molecule has 1 aliphatic heterocycles. The SMILES string of the molecule is Cc1ccc(NC(=O)N2CCC(CC(=O)NCc3ccccc3C)CC2)cc1C. The highest BCUT2D eigenvalue weighted by Crippen LogP contribution is 2.22. The Morgan fingerprint density at radius 3 is 2.38 bits per heavy atom. The summed E-state index contributed by atoms with van der Waals surface area (Å²) in [6, 6.07) is 14.0. The Labute approximate surface area is 173 Å². The van der Waals surface area contributed by atoms with Crippen LogP contribution in [0.15, 0.2) is 42.5 Å². The van der Waals surface area contributed by atoms with E-state index in [9.17, 15) is 9.59 Å². The van der Waals surface area contributed by atoms with Crippen molar-refractivity contribution >= 4 is 17.6 Å². The molecule has 3 rings (SSSR count). The van der Waals surface area contributed by atoms with E-state index in [2.05, 4.69) is 30.5 Å². The molecule has 154 valence electrons. The van der Waals surface area contributed by atoms with Gasteiger partial charge in [0.1, 0.15) is 0 Å². The third-order valence-electron chi connectivity index (χ3n) is 5.87. The summed E-state index contributed by atoms with van der Waals surface area (Å²) in [6.45, 7) is 8.10. The number of urea groups is 1. The lowest BCUT2D eigenvalue weighted by Gasteiger charge is -2.31. The monoisotopic (exact) mass is 393 g/mol. The smallest absolute Gasteiger partial charge is 0.321 e. The first kappa shape index (κ1) is 20.9. The number of hydrogen-bond acceptors (Lipinski definition) is 2. The maximum absolute atomic E-state index is 12.5. The van der Waals surface area contributed by atoms with Crippen LogP contribution in [0.1, 0.15) is 41.5 Å². The van der Waals surface area contributed by atoms with E-state index >= 15 is 0 Å². The van der Waals surface area contributed by atoms with Crippen molar-refractivity contribution < 1.29 is 9.59 Å². The summed E-state index contributed by atoms with van der Waals surface area (Å²) in [7, 11) is 0. The molecule has 1 saturated heterocycles. The van der Waals surface area contributed by atoms with Crippen molar-refractivity contribution in [3.8, 4) is 0 Å². The molecule has 3 amide bonds. The molecule has 2 aromatic carbocycles. The quantitative estimate of drug-likeness (QED) is 0.782. The summed E-state index contributed by atoms with van der Waals surface area (Å²) in [5, 5.41) is 6.02. The lowest BCUT2D eigenvalue weighted by molar-refractivity contribution is -0.122. The second-order valence-corrected chi connectivity index (χ2v) is 8.07. The highest BCUT2D eigenvalue weighted by molar-refractivity contribution is 5.89. The molecule has 1 heterocycles. The Kier molecular flexibility index (Phi) is 6.91. The zero-order valence-corrected chi connectivity index (χ0v) is 17.6. The van der Waals surface area contributed by atoms with E-state index in [1.54, 1.807) is 0 Å². The van der Waals surface area contributed by atoms with Crippen molar-refractivity contribution in [1.29, 1.82) is 0 Å². The Morgan fingerprint density at radius 2 is 1.69 bits per heavy atom. The summed E-state index contributed by atoms with van der Waals surface area (Å²) in [4.78, 5) is 26.7. The van der Waals surface area contributed by atoms with Gasteiger partial charge in [-0.3, -0.25) is 4.79 Å². The van der Waals surface area contributed by atoms with E-state index in [0.29, 0.717) is 32.0 Å². The van der Waals surface area contributed by atoms with Crippen molar-refractivity contribution in [2.24, 2.45) is 5.92 Å². The molecule has 0 atom stereocenters. The minimum atomic E-state index is -0.0595. The van der Waals surface area contributed by atoms with Crippen LogP contribution in [0.3, 0.4) is 0 Å². The second kappa shape index (κ2) is 9.59. The van der Waals surface area contributed by atoms with E-state index < -0.39 is 0 Å². The number of nitrogens with one attached hydrogen (secondary N) is 2. The first-order valence-electron chi connectivity index (χ1n) is 10.4. The highest BCUT2D eigenvalue weighted by Gasteiger charge is 2.24. The molecule has 0 aliphatic carbocycles. The Morgan fingerprint density at radius 1 is 0.966 bits per heavy atom. The minimum absolute atomic E-state index is 0.0595. The van der Waals surface area contributed by atoms with Crippen LogP contribution in [-0.2, 0) is 11.3 Å². The van der Waals surface area contributed by atoms with Crippen LogP contribution in [0.5, 0.6) is 0 Å². The fourth-order valence-electron chi connectivity index (χ4n) is 3.70. The average molecular weight is 394 g/mol. The van der Waals surface area contributed by atoms with Crippen LogP contribution < -0.4 is 10.6 Å². The van der Waals surface area contributed by atoms with Gasteiger partial charge in [0.25, 0.3) is 0 Å². The fourth-order valence-corrected chi connectivity index (χ4v) is 3.70. The number of rotatable bonds is 5. The number of nitrogens with zero attached hydrogens (tertiary/aromatic N) is 1. The van der Waals surface area contributed by atoms with Crippen LogP contribution in [-0.4, -0.2) is 29.9 Å². The zero-order chi connectivity index (χ0) is 20.8. The number of aryl methyl sites for hydroxylation is 3. The zero-order valence-electron chi connectivity index (χ0n) is 17.6. The summed E-state index contributed by atoms with van der Waals surface area (Å²) >= 11 is 0. The first-order chi connectivity index (χ1) is 13.9. The molecule has 29 heavy (non-hydrogen) atoms. The second-order valence-electron chi connectivity index (χ2n) is 8.07. The van der Waals surface area contributed by atoms with Crippen LogP contribution in [0, 0.1) is 26.7 Å². The van der Waals surface area contributed by atoms with Gasteiger partial charge in [-0.05, 0) is 73.9 Å². The lowest BCUT2D eigenvalue weighted by Crippen LogP contribution is -2.41. The van der Waals surface area contributed by atoms with Crippen molar-refractivity contribution in [1.82, 2.24) is 10.2 Å². The summed E-state index contributed by atoms with van der Waals surface area (Å²) in [5.74, 6) is 0.420. The van der Waals surface area contributed by atoms with E-state index in [1.165, 1.54) is 16.7 Å². The average Bonchev–Trinajstić information content (AvgIpc) is 2.70. The fraction of sp³-hybridized carbons (Fsp3) is 0.417. The molecule has 5 heteroatoms. The van der Waals surface area contributed by atoms with Crippen molar-refractivity contribution in [3.63, 3.8) is 0 Å². The summed E-state index contributed by atoms with van der Waals surface area (Å²) < 4.78 is 0. The number of anilines is 1. The molecule has 1 aliphatic rings. The maximum atomic E-state index is 12.5. The van der Waals surface area contributed by atoms with Crippen LogP contribution in [0.4, 0.5) is 10.5 Å². The molecular formula is C24H31N3O2. The number of amides is 3. The van der Waals surface area contributed by atoms with Gasteiger partial charge in [0.2, 0.25) is 5.91 Å². The largest absolute Gasteiger partial charge is 0.352 e. The van der Waals surface area contributed by atoms with Crippen LogP contribution >= 0.6 is 0 Å². The third-order valence-corrected chi connectivity index (χ3v) is 5.87. The van der Waals surface area contributed by atoms with Crippen molar-refractivity contribution in [3.05, 3.63) is 64.7 Å². The van der Waals surface area contributed by atoms with Gasteiger partial charge < -0.3 is 15.5 Å². The predicted octanol–water partition coefficient (Wildman–Crippen LogP) is 4.56. The molecule has 1 fully saturated rings. The molecule has 0 bridgehead atoms. The van der Waals surface area contributed by atoms with Crippen molar-refractivity contribution in [2.75, 3.05) is 18.4 Å². The van der Waals surface area contributed by atoms with E-state index in [-0.39, 0.29) is 11.9 Å². The van der Waals surface area contributed by atoms with Gasteiger partial charge in [-0.15, -0.1) is 0 Å². The first-order valence-corrected chi connectivity index (χ1v) is 10.4. The molecule has 2 aromatic rings. The maximum Gasteiger partial charge on any atom is 0.321 e. The standard InChI is InChI=1S/C24H31N3O2/c1-17-8-9-22(14-19(17)3)26-24(29)27-12-10-20(11-13-27)15-23(28)25-16-21-7-5-4-6-18(21)2/h4-9,14,20H,10-13,15-16H2,1-3H3,(H,25,28)(H,26,29). The van der Waals surface area contributed by atoms with E-state index in [4.69, 9.17) is 0 Å². The molecule has 2 N–H and O–H groups in total. The van der Waals surface area contributed by atoms with Gasteiger partial charge >= 0.3 is 6.03 Å². The van der Waals surface area contributed by atoms with Gasteiger partial charge in [0, 0.05) is 31.7 Å². The Hall–Kier alpha value is -2.82. The summed E-state index contributed by atoms with van der Waals surface area (Å²) in [5.41, 5.74) is 5.55. The van der Waals surface area contributed by atoms with Gasteiger partial charge in [0.15, 0.2) is 0 Å². The molecule has 0 unspecified atom stereocenters. The molecule has 5 nitrogen and oxygen atoms in total. The normalized spacial score (nSPS) is 14.5. The van der Waals surface area contributed by atoms with Crippen LogP contribution in [0.25, 0.3) is 0 Å². The van der Waals surface area contributed by atoms with Crippen molar-refractivity contribution in [2.45, 2.75) is 46.6 Å². The minimum Gasteiger partial charge on any atom is -0.352 e. The van der Waals surface area contributed by atoms with Gasteiger partial charge in [0.05, 0.1) is 0 Å². The van der Waals surface area contributed by atoms with Gasteiger partial charge in [-0.25, -0.2) is 4.79 Å². The van der Waals surface area contributed by atoms with E-state index in [1.807, 2.05) is 48.2 Å². The molecular weight excluding hydrogens is 362 g/mol. The number of carbonyl (C=O) groups excluding carboxylic acids is 2. The molecule has 0 saturated carbocycles. The number of benzene rings is 2. The molecule has 0 aromatic heterocycles. The van der Waals surface area contributed by atoms with Gasteiger partial charge in [-0.1, -0.05) is 30.3 Å². The third kappa shape index (κ3) is 5.83. The van der Waals surface area contributed by atoms with E-state index in [0.717, 1.165) is 24.1 Å². The predicted molar refractivity (Wildman–Crippen MR) is 117 cm³/mol. The van der Waals surface area contributed by atoms with Gasteiger partial charge in [-0.2, -0.15) is 0 Å². The highest BCUT2D eigenvalue weighted by atomic mass is 16.2. The number of hydrogen-bond donors (Lipinski definition) is 2. The lowest BCUT2D eigenvalue weighted by atomic mass is 9.93.